The molecule has 0 bridgehead atoms. The number of nitrogens with zero attached hydrogens (tertiary/aromatic N) is 2. The highest BCUT2D eigenvalue weighted by Gasteiger charge is 2.19. The molecule has 128 valence electrons. The van der Waals surface area contributed by atoms with Gasteiger partial charge in [0.05, 0.1) is 11.8 Å². The summed E-state index contributed by atoms with van der Waals surface area (Å²) in [6, 6.07) is 14.3. The first kappa shape index (κ1) is 15.9. The lowest BCUT2D eigenvalue weighted by Gasteiger charge is -2.28. The number of benzene rings is 1. The van der Waals surface area contributed by atoms with Crippen LogP contribution in [0.5, 0.6) is 0 Å². The van der Waals surface area contributed by atoms with E-state index < -0.39 is 6.10 Å². The fraction of sp³-hybridized carbons (Fsp3) is 0.286. The van der Waals surface area contributed by atoms with Crippen LogP contribution in [0.4, 0.5) is 5.82 Å². The molecule has 0 amide bonds. The third-order valence-electron chi connectivity index (χ3n) is 4.93. The third-order valence-corrected chi connectivity index (χ3v) is 4.93. The van der Waals surface area contributed by atoms with E-state index in [0.29, 0.717) is 0 Å². The minimum absolute atomic E-state index is 0.537. The summed E-state index contributed by atoms with van der Waals surface area (Å²) in [5.41, 5.74) is 5.90. The number of pyridine rings is 1. The van der Waals surface area contributed by atoms with Crippen molar-refractivity contribution >= 4 is 22.3 Å². The Morgan fingerprint density at radius 2 is 2.00 bits per heavy atom. The average molecular weight is 333 g/mol. The number of anilines is 1. The van der Waals surface area contributed by atoms with Crippen molar-refractivity contribution in [2.24, 2.45) is 0 Å². The van der Waals surface area contributed by atoms with Crippen LogP contribution in [-0.4, -0.2) is 28.2 Å². The van der Waals surface area contributed by atoms with Crippen molar-refractivity contribution in [2.45, 2.75) is 26.4 Å². The average Bonchev–Trinajstić information content (AvgIpc) is 2.97. The molecule has 4 rings (SSSR count). The highest BCUT2D eigenvalue weighted by Crippen LogP contribution is 2.33. The van der Waals surface area contributed by atoms with E-state index in [1.165, 1.54) is 27.7 Å². The van der Waals surface area contributed by atoms with Crippen LogP contribution < -0.4 is 4.90 Å². The van der Waals surface area contributed by atoms with Gasteiger partial charge in [-0.1, -0.05) is 30.3 Å². The lowest BCUT2D eigenvalue weighted by atomic mass is 9.96. The van der Waals surface area contributed by atoms with Gasteiger partial charge in [-0.3, -0.25) is 0 Å². The van der Waals surface area contributed by atoms with E-state index in [0.717, 1.165) is 31.0 Å². The Labute approximate surface area is 147 Å². The fourth-order valence-electron chi connectivity index (χ4n) is 3.64. The number of aromatic amines is 1. The van der Waals surface area contributed by atoms with Crippen molar-refractivity contribution in [1.82, 2.24) is 9.97 Å². The van der Waals surface area contributed by atoms with Crippen LogP contribution in [-0.2, 0) is 0 Å². The Balaban J connectivity index is 1.62. The molecule has 4 nitrogen and oxygen atoms in total. The minimum Gasteiger partial charge on any atom is -0.387 e. The van der Waals surface area contributed by atoms with Crippen LogP contribution in [0, 0.1) is 6.92 Å². The first-order valence-corrected chi connectivity index (χ1v) is 8.80. The van der Waals surface area contributed by atoms with Gasteiger partial charge in [0, 0.05) is 35.2 Å². The van der Waals surface area contributed by atoms with Crippen molar-refractivity contribution in [3.8, 4) is 0 Å². The number of nitrogens with one attached hydrogen (secondary N) is 1. The van der Waals surface area contributed by atoms with E-state index in [4.69, 9.17) is 0 Å². The summed E-state index contributed by atoms with van der Waals surface area (Å²) in [4.78, 5) is 10.3. The smallest absolute Gasteiger partial charge is 0.129 e. The van der Waals surface area contributed by atoms with Crippen LogP contribution in [0.25, 0.3) is 16.5 Å². The maximum atomic E-state index is 9.75. The second-order valence-electron chi connectivity index (χ2n) is 6.69. The number of hydrogen-bond acceptors (Lipinski definition) is 3. The number of aryl methyl sites for hydroxylation is 1. The minimum atomic E-state index is -0.537. The summed E-state index contributed by atoms with van der Waals surface area (Å²) >= 11 is 0. The maximum absolute atomic E-state index is 9.75. The van der Waals surface area contributed by atoms with E-state index in [9.17, 15) is 5.11 Å². The molecule has 0 saturated carbocycles. The molecule has 1 aliphatic rings. The zero-order chi connectivity index (χ0) is 17.4. The van der Waals surface area contributed by atoms with Gasteiger partial charge < -0.3 is 15.0 Å². The Morgan fingerprint density at radius 3 is 2.76 bits per heavy atom. The maximum Gasteiger partial charge on any atom is 0.129 e. The van der Waals surface area contributed by atoms with Crippen LogP contribution >= 0.6 is 0 Å². The molecule has 25 heavy (non-hydrogen) atoms. The summed E-state index contributed by atoms with van der Waals surface area (Å²) in [5, 5.41) is 11.0. The standard InChI is InChI=1S/C21H23N3O/c1-14-21(17-6-3-4-7-19(17)22-14)16-10-12-24(13-11-16)20-9-5-8-18(23-20)15(2)25/h3-10,15,22,25H,11-13H2,1-2H3. The fourth-order valence-corrected chi connectivity index (χ4v) is 3.64. The van der Waals surface area contributed by atoms with Gasteiger partial charge >= 0.3 is 0 Å². The molecule has 2 aromatic heterocycles. The lowest BCUT2D eigenvalue weighted by molar-refractivity contribution is 0.194. The quantitative estimate of drug-likeness (QED) is 0.754. The SMILES string of the molecule is Cc1[nH]c2ccccc2c1C1=CCN(c2cccc(C(C)O)n2)CC1. The second kappa shape index (κ2) is 6.37. The number of aliphatic hydroxyl groups is 1. The monoisotopic (exact) mass is 333 g/mol. The molecular formula is C21H23N3O. The van der Waals surface area contributed by atoms with Gasteiger partial charge in [0.15, 0.2) is 0 Å². The summed E-state index contributed by atoms with van der Waals surface area (Å²) in [6.07, 6.45) is 2.76. The number of rotatable bonds is 3. The Bertz CT molecular complexity index is 939. The summed E-state index contributed by atoms with van der Waals surface area (Å²) in [5.74, 6) is 0.935. The number of H-pyrrole nitrogens is 1. The predicted molar refractivity (Wildman–Crippen MR) is 103 cm³/mol. The summed E-state index contributed by atoms with van der Waals surface area (Å²) < 4.78 is 0. The molecule has 3 aromatic rings. The van der Waals surface area contributed by atoms with Gasteiger partial charge in [0.2, 0.25) is 0 Å². The lowest BCUT2D eigenvalue weighted by Crippen LogP contribution is -2.29. The number of aliphatic hydroxyl groups excluding tert-OH is 1. The molecule has 0 saturated heterocycles. The van der Waals surface area contributed by atoms with E-state index >= 15 is 0 Å². The van der Waals surface area contributed by atoms with Gasteiger partial charge in [0.25, 0.3) is 0 Å². The topological polar surface area (TPSA) is 52.2 Å². The summed E-state index contributed by atoms with van der Waals surface area (Å²) in [7, 11) is 0. The molecule has 0 aliphatic carbocycles. The Kier molecular flexibility index (Phi) is 4.06. The molecule has 1 atom stereocenters. The number of para-hydroxylation sites is 1. The van der Waals surface area contributed by atoms with Gasteiger partial charge in [0.1, 0.15) is 5.82 Å². The summed E-state index contributed by atoms with van der Waals surface area (Å²) in [6.45, 7) is 5.67. The molecule has 1 aliphatic heterocycles. The van der Waals surface area contributed by atoms with Gasteiger partial charge in [-0.2, -0.15) is 0 Å². The Morgan fingerprint density at radius 1 is 1.16 bits per heavy atom. The predicted octanol–water partition coefficient (Wildman–Crippen LogP) is 4.22. The van der Waals surface area contributed by atoms with Crippen LogP contribution in [0.3, 0.4) is 0 Å². The first-order valence-electron chi connectivity index (χ1n) is 8.80. The first-order chi connectivity index (χ1) is 12.1. The molecule has 0 fully saturated rings. The van der Waals surface area contributed by atoms with E-state index in [1.54, 1.807) is 6.92 Å². The highest BCUT2D eigenvalue weighted by atomic mass is 16.3. The molecule has 3 heterocycles. The van der Waals surface area contributed by atoms with Crippen LogP contribution in [0.15, 0.2) is 48.5 Å². The highest BCUT2D eigenvalue weighted by molar-refractivity contribution is 5.94. The Hall–Kier alpha value is -2.59. The van der Waals surface area contributed by atoms with Crippen LogP contribution in [0.2, 0.25) is 0 Å². The number of fused-ring (bicyclic) bond motifs is 1. The molecule has 2 N–H and O–H groups in total. The van der Waals surface area contributed by atoms with Gasteiger partial charge in [-0.25, -0.2) is 4.98 Å². The number of aromatic nitrogens is 2. The zero-order valence-corrected chi connectivity index (χ0v) is 14.7. The molecule has 0 spiro atoms. The second-order valence-corrected chi connectivity index (χ2v) is 6.69. The molecule has 1 unspecified atom stereocenters. The zero-order valence-electron chi connectivity index (χ0n) is 14.7. The molecule has 4 heteroatoms. The normalized spacial score (nSPS) is 16.1. The van der Waals surface area contributed by atoms with Gasteiger partial charge in [-0.05, 0) is 44.0 Å². The third kappa shape index (κ3) is 2.94. The van der Waals surface area contributed by atoms with E-state index in [1.807, 2.05) is 18.2 Å². The van der Waals surface area contributed by atoms with Gasteiger partial charge in [-0.15, -0.1) is 0 Å². The van der Waals surface area contributed by atoms with Crippen molar-refractivity contribution < 1.29 is 5.11 Å². The van der Waals surface area contributed by atoms with E-state index in [-0.39, 0.29) is 0 Å². The van der Waals surface area contributed by atoms with E-state index in [2.05, 4.69) is 52.1 Å². The largest absolute Gasteiger partial charge is 0.387 e. The number of hydrogen-bond donors (Lipinski definition) is 2. The van der Waals surface area contributed by atoms with Crippen molar-refractivity contribution in [1.29, 1.82) is 0 Å². The molecular weight excluding hydrogens is 310 g/mol. The van der Waals surface area contributed by atoms with Crippen molar-refractivity contribution in [2.75, 3.05) is 18.0 Å². The molecule has 1 aromatic carbocycles. The van der Waals surface area contributed by atoms with Crippen molar-refractivity contribution in [3.63, 3.8) is 0 Å². The van der Waals surface area contributed by atoms with Crippen LogP contribution in [0.1, 0.15) is 36.4 Å². The van der Waals surface area contributed by atoms with Crippen molar-refractivity contribution in [3.05, 3.63) is 65.5 Å². The molecule has 0 radical (unpaired) electrons.